The Balaban J connectivity index is 1.30. The maximum atomic E-state index is 14.0. The molecule has 3 heterocycles. The van der Waals surface area contributed by atoms with E-state index in [0.717, 1.165) is 49.8 Å². The number of rotatable bonds is 10. The van der Waals surface area contributed by atoms with Crippen molar-refractivity contribution in [2.75, 3.05) is 6.54 Å². The second-order valence-corrected chi connectivity index (χ2v) is 11.7. The summed E-state index contributed by atoms with van der Waals surface area (Å²) in [5, 5.41) is 11.4. The molecular weight excluding hydrogens is 530 g/mol. The van der Waals surface area contributed by atoms with Gasteiger partial charge in [0.25, 0.3) is 5.91 Å². The molecule has 1 amide bonds. The average Bonchev–Trinajstić information content (AvgIpc) is 3.84. The van der Waals surface area contributed by atoms with Crippen LogP contribution in [-0.4, -0.2) is 44.3 Å². The smallest absolute Gasteiger partial charge is 0.254 e. The molecule has 2 aromatic heterocycles. The maximum absolute atomic E-state index is 14.0. The summed E-state index contributed by atoms with van der Waals surface area (Å²) in [6, 6.07) is 14.9. The monoisotopic (exact) mass is 567 g/mol. The Morgan fingerprint density at radius 3 is 2.52 bits per heavy atom. The van der Waals surface area contributed by atoms with Gasteiger partial charge in [0.1, 0.15) is 18.6 Å². The highest BCUT2D eigenvalue weighted by molar-refractivity contribution is 6.02. The van der Waals surface area contributed by atoms with Gasteiger partial charge < -0.3 is 18.8 Å². The van der Waals surface area contributed by atoms with Crippen molar-refractivity contribution in [3.63, 3.8) is 0 Å². The van der Waals surface area contributed by atoms with Gasteiger partial charge >= 0.3 is 0 Å². The topological polar surface area (TPSA) is 110 Å². The molecule has 2 aliphatic rings. The van der Waals surface area contributed by atoms with Gasteiger partial charge in [-0.1, -0.05) is 43.2 Å². The molecule has 3 atom stereocenters. The van der Waals surface area contributed by atoms with E-state index in [2.05, 4.69) is 9.97 Å². The normalized spacial score (nSPS) is 18.8. The van der Waals surface area contributed by atoms with E-state index in [4.69, 9.17) is 8.83 Å². The molecule has 4 aromatic rings. The average molecular weight is 568 g/mol. The fraction of sp³-hybridized carbons (Fsp3) is 0.412. The summed E-state index contributed by atoms with van der Waals surface area (Å²) in [6.07, 6.45) is 10.6. The van der Waals surface area contributed by atoms with Crippen molar-refractivity contribution in [2.24, 2.45) is 11.8 Å². The van der Waals surface area contributed by atoms with Crippen LogP contribution in [0.5, 0.6) is 0 Å². The van der Waals surface area contributed by atoms with Crippen LogP contribution in [0.2, 0.25) is 0 Å². The molecule has 0 radical (unpaired) electrons. The predicted octanol–water partition coefficient (Wildman–Crippen LogP) is 6.60. The van der Waals surface area contributed by atoms with Crippen molar-refractivity contribution in [3.05, 3.63) is 95.5 Å². The van der Waals surface area contributed by atoms with Gasteiger partial charge in [0.05, 0.1) is 18.0 Å². The first-order valence-corrected chi connectivity index (χ1v) is 15.0. The predicted molar refractivity (Wildman–Crippen MR) is 157 cm³/mol. The molecule has 1 unspecified atom stereocenters. The van der Waals surface area contributed by atoms with E-state index >= 15 is 0 Å². The molecule has 0 spiro atoms. The number of amides is 1. The zero-order valence-electron chi connectivity index (χ0n) is 23.9. The lowest BCUT2D eigenvalue weighted by molar-refractivity contribution is 0.0456. The van der Waals surface area contributed by atoms with Crippen molar-refractivity contribution in [3.8, 4) is 11.5 Å². The number of Topliss-reactive ketones (excluding diaryl/α,β-unsaturated/α-hetero) is 1. The van der Waals surface area contributed by atoms with E-state index in [9.17, 15) is 14.7 Å². The van der Waals surface area contributed by atoms with Crippen molar-refractivity contribution in [2.45, 2.75) is 70.4 Å². The fourth-order valence-electron chi connectivity index (χ4n) is 6.63. The standard InChI is InChI=1S/C34H37N3O5/c1-22-21-42-33(36-22)29-12-7-14-37(29)34(40)28-18-25(17-27(19-28)32-35-13-15-41-32)30(38)20-26(16-23-8-3-2-4-9-23)31(39)24-10-5-6-11-24/h2-4,8-9,13,15,17-19,21,24,26,29,31,39H,5-7,10-12,14,16,20H2,1H3/t26-,29?,31-/m1/s1. The Morgan fingerprint density at radius 2 is 1.81 bits per heavy atom. The zero-order chi connectivity index (χ0) is 29.1. The number of hydrogen-bond donors (Lipinski definition) is 1. The highest BCUT2D eigenvalue weighted by atomic mass is 16.3. The molecule has 1 saturated carbocycles. The third-order valence-electron chi connectivity index (χ3n) is 8.77. The van der Waals surface area contributed by atoms with Crippen LogP contribution in [0.1, 0.15) is 88.9 Å². The molecule has 0 bridgehead atoms. The number of aromatic nitrogens is 2. The number of likely N-dealkylation sites (tertiary alicyclic amines) is 1. The van der Waals surface area contributed by atoms with Gasteiger partial charge in [0.15, 0.2) is 5.78 Å². The number of carbonyl (C=O) groups excluding carboxylic acids is 2. The Kier molecular flexibility index (Phi) is 8.33. The Bertz CT molecular complexity index is 1510. The largest absolute Gasteiger partial charge is 0.446 e. The van der Waals surface area contributed by atoms with Crippen LogP contribution in [0.25, 0.3) is 11.5 Å². The summed E-state index contributed by atoms with van der Waals surface area (Å²) in [6.45, 7) is 2.44. The van der Waals surface area contributed by atoms with Gasteiger partial charge in [-0.15, -0.1) is 0 Å². The van der Waals surface area contributed by atoms with E-state index in [0.29, 0.717) is 41.4 Å². The quantitative estimate of drug-likeness (QED) is 0.215. The molecule has 1 aliphatic carbocycles. The number of nitrogens with zero attached hydrogens (tertiary/aromatic N) is 3. The molecule has 1 N–H and O–H groups in total. The van der Waals surface area contributed by atoms with E-state index in [1.165, 1.54) is 6.26 Å². The minimum Gasteiger partial charge on any atom is -0.446 e. The molecular formula is C34H37N3O5. The minimum atomic E-state index is -0.567. The highest BCUT2D eigenvalue weighted by Gasteiger charge is 2.35. The Labute approximate surface area is 245 Å². The molecule has 1 aliphatic heterocycles. The third kappa shape index (κ3) is 6.09. The minimum absolute atomic E-state index is 0.114. The zero-order valence-corrected chi connectivity index (χ0v) is 23.9. The number of ketones is 1. The number of aryl methyl sites for hydroxylation is 1. The van der Waals surface area contributed by atoms with Crippen molar-refractivity contribution in [1.82, 2.24) is 14.9 Å². The molecule has 1 saturated heterocycles. The molecule has 2 aromatic carbocycles. The second kappa shape index (κ2) is 12.4. The molecule has 8 nitrogen and oxygen atoms in total. The molecule has 218 valence electrons. The number of aliphatic hydroxyl groups excluding tert-OH is 1. The van der Waals surface area contributed by atoms with Crippen LogP contribution in [0.3, 0.4) is 0 Å². The Hall–Kier alpha value is -4.04. The number of aliphatic hydroxyl groups is 1. The SMILES string of the molecule is Cc1coc(C2CCCN2C(=O)c2cc(C(=O)C[C@@H](Cc3ccccc3)[C@H](O)C3CCCC3)cc(-c3ncco3)c2)n1. The van der Waals surface area contributed by atoms with E-state index < -0.39 is 6.10 Å². The van der Waals surface area contributed by atoms with Crippen LogP contribution in [0.4, 0.5) is 0 Å². The first-order valence-electron chi connectivity index (χ1n) is 15.0. The summed E-state index contributed by atoms with van der Waals surface area (Å²) in [7, 11) is 0. The number of hydrogen-bond acceptors (Lipinski definition) is 7. The summed E-state index contributed by atoms with van der Waals surface area (Å²) in [5.41, 5.74) is 3.23. The summed E-state index contributed by atoms with van der Waals surface area (Å²) >= 11 is 0. The molecule has 6 rings (SSSR count). The lowest BCUT2D eigenvalue weighted by Gasteiger charge is -2.27. The lowest BCUT2D eigenvalue weighted by Crippen LogP contribution is -2.32. The van der Waals surface area contributed by atoms with Crippen LogP contribution < -0.4 is 0 Å². The maximum Gasteiger partial charge on any atom is 0.254 e. The van der Waals surface area contributed by atoms with Crippen LogP contribution >= 0.6 is 0 Å². The fourth-order valence-corrected chi connectivity index (χ4v) is 6.63. The highest BCUT2D eigenvalue weighted by Crippen LogP contribution is 2.36. The first-order chi connectivity index (χ1) is 20.5. The van der Waals surface area contributed by atoms with Crippen molar-refractivity contribution >= 4 is 11.7 Å². The summed E-state index contributed by atoms with van der Waals surface area (Å²) in [5.74, 6) is 0.534. The molecule has 8 heteroatoms. The van der Waals surface area contributed by atoms with Gasteiger partial charge in [-0.3, -0.25) is 9.59 Å². The summed E-state index contributed by atoms with van der Waals surface area (Å²) in [4.78, 5) is 38.4. The van der Waals surface area contributed by atoms with Gasteiger partial charge in [-0.25, -0.2) is 9.97 Å². The number of benzene rings is 2. The van der Waals surface area contributed by atoms with Crippen molar-refractivity contribution in [1.29, 1.82) is 0 Å². The third-order valence-corrected chi connectivity index (χ3v) is 8.77. The van der Waals surface area contributed by atoms with Gasteiger partial charge in [0.2, 0.25) is 11.8 Å². The number of carbonyl (C=O) groups is 2. The van der Waals surface area contributed by atoms with Crippen LogP contribution in [-0.2, 0) is 6.42 Å². The summed E-state index contributed by atoms with van der Waals surface area (Å²) < 4.78 is 11.2. The molecule has 2 fully saturated rings. The van der Waals surface area contributed by atoms with Crippen LogP contribution in [0.15, 0.2) is 76.1 Å². The van der Waals surface area contributed by atoms with E-state index in [1.807, 2.05) is 37.3 Å². The van der Waals surface area contributed by atoms with Crippen molar-refractivity contribution < 1.29 is 23.5 Å². The van der Waals surface area contributed by atoms with E-state index in [1.54, 1.807) is 35.6 Å². The van der Waals surface area contributed by atoms with E-state index in [-0.39, 0.29) is 36.0 Å². The van der Waals surface area contributed by atoms with Gasteiger partial charge in [-0.05, 0) is 74.6 Å². The number of oxazole rings is 2. The van der Waals surface area contributed by atoms with Gasteiger partial charge in [-0.2, -0.15) is 0 Å². The first kappa shape index (κ1) is 28.1. The molecule has 42 heavy (non-hydrogen) atoms. The Morgan fingerprint density at radius 1 is 1.02 bits per heavy atom. The second-order valence-electron chi connectivity index (χ2n) is 11.7. The van der Waals surface area contributed by atoms with Crippen LogP contribution in [0, 0.1) is 18.8 Å². The van der Waals surface area contributed by atoms with Gasteiger partial charge in [0, 0.05) is 29.7 Å². The lowest BCUT2D eigenvalue weighted by atomic mass is 9.81.